The highest BCUT2D eigenvalue weighted by Gasteiger charge is 2.14. The Hall–Kier alpha value is -2.05. The molecule has 0 unspecified atom stereocenters. The van der Waals surface area contributed by atoms with Gasteiger partial charge in [-0.3, -0.25) is 0 Å². The molecule has 0 bridgehead atoms. The SMILES string of the molecule is COc1cccc(CCNS(=O)(=O)c2ccc(C)cc2)c1OC. The van der Waals surface area contributed by atoms with Gasteiger partial charge in [-0.2, -0.15) is 0 Å². The highest BCUT2D eigenvalue weighted by molar-refractivity contribution is 7.89. The van der Waals surface area contributed by atoms with Crippen LogP contribution >= 0.6 is 0 Å². The number of methoxy groups -OCH3 is 2. The van der Waals surface area contributed by atoms with Crippen molar-refractivity contribution in [1.82, 2.24) is 4.72 Å². The highest BCUT2D eigenvalue weighted by Crippen LogP contribution is 2.30. The fourth-order valence-corrected chi connectivity index (χ4v) is 3.30. The average Bonchev–Trinajstić information content (AvgIpc) is 2.54. The fraction of sp³-hybridized carbons (Fsp3) is 0.294. The van der Waals surface area contributed by atoms with Crippen molar-refractivity contribution in [1.29, 1.82) is 0 Å². The number of sulfonamides is 1. The second kappa shape index (κ2) is 7.48. The van der Waals surface area contributed by atoms with Crippen LogP contribution in [0.4, 0.5) is 0 Å². The molecule has 6 heteroatoms. The van der Waals surface area contributed by atoms with Gasteiger partial charge in [-0.05, 0) is 37.1 Å². The van der Waals surface area contributed by atoms with Crippen molar-refractivity contribution < 1.29 is 17.9 Å². The summed E-state index contributed by atoms with van der Waals surface area (Å²) in [5, 5.41) is 0. The lowest BCUT2D eigenvalue weighted by molar-refractivity contribution is 0.351. The first-order valence-electron chi connectivity index (χ1n) is 7.24. The lowest BCUT2D eigenvalue weighted by Crippen LogP contribution is -2.26. The van der Waals surface area contributed by atoms with Crippen LogP contribution < -0.4 is 14.2 Å². The summed E-state index contributed by atoms with van der Waals surface area (Å²) in [5.41, 5.74) is 1.91. The minimum atomic E-state index is -3.50. The van der Waals surface area contributed by atoms with E-state index in [1.165, 1.54) is 0 Å². The van der Waals surface area contributed by atoms with Gasteiger partial charge in [0.25, 0.3) is 0 Å². The van der Waals surface area contributed by atoms with Gasteiger partial charge in [0.2, 0.25) is 10.0 Å². The minimum absolute atomic E-state index is 0.265. The predicted octanol–water partition coefficient (Wildman–Crippen LogP) is 2.53. The van der Waals surface area contributed by atoms with Gasteiger partial charge in [0.05, 0.1) is 19.1 Å². The van der Waals surface area contributed by atoms with Crippen LogP contribution in [-0.4, -0.2) is 29.2 Å². The molecule has 1 N–H and O–H groups in total. The van der Waals surface area contributed by atoms with Gasteiger partial charge in [0.15, 0.2) is 11.5 Å². The Bertz CT molecular complexity index is 755. The molecule has 0 fully saturated rings. The van der Waals surface area contributed by atoms with E-state index in [4.69, 9.17) is 9.47 Å². The molecule has 5 nitrogen and oxygen atoms in total. The topological polar surface area (TPSA) is 64.6 Å². The van der Waals surface area contributed by atoms with E-state index >= 15 is 0 Å². The van der Waals surface area contributed by atoms with E-state index in [0.29, 0.717) is 17.9 Å². The van der Waals surface area contributed by atoms with E-state index in [1.54, 1.807) is 44.6 Å². The quantitative estimate of drug-likeness (QED) is 0.844. The summed E-state index contributed by atoms with van der Waals surface area (Å²) in [6, 6.07) is 12.3. The van der Waals surface area contributed by atoms with Crippen molar-refractivity contribution >= 4 is 10.0 Å². The van der Waals surface area contributed by atoms with Crippen LogP contribution in [0, 0.1) is 6.92 Å². The second-order valence-corrected chi connectivity index (χ2v) is 6.88. The second-order valence-electron chi connectivity index (χ2n) is 5.11. The van der Waals surface area contributed by atoms with Crippen LogP contribution in [0.5, 0.6) is 11.5 Å². The van der Waals surface area contributed by atoms with Crippen molar-refractivity contribution in [3.8, 4) is 11.5 Å². The molecule has 0 amide bonds. The summed E-state index contributed by atoms with van der Waals surface area (Å²) in [6.07, 6.45) is 0.505. The largest absolute Gasteiger partial charge is 0.493 e. The number of benzene rings is 2. The Kier molecular flexibility index (Phi) is 5.63. The molecular weight excluding hydrogens is 314 g/mol. The van der Waals surface area contributed by atoms with Crippen LogP contribution in [0.15, 0.2) is 47.4 Å². The summed E-state index contributed by atoms with van der Waals surface area (Å²) in [5.74, 6) is 1.26. The smallest absolute Gasteiger partial charge is 0.240 e. The first-order chi connectivity index (χ1) is 11.0. The monoisotopic (exact) mass is 335 g/mol. The number of ether oxygens (including phenoxy) is 2. The summed E-state index contributed by atoms with van der Waals surface area (Å²) < 4.78 is 37.7. The highest BCUT2D eigenvalue weighted by atomic mass is 32.2. The van der Waals surface area contributed by atoms with E-state index in [2.05, 4.69) is 4.72 Å². The van der Waals surface area contributed by atoms with Crippen LogP contribution in [0.3, 0.4) is 0 Å². The first-order valence-corrected chi connectivity index (χ1v) is 8.72. The van der Waals surface area contributed by atoms with Crippen LogP contribution in [0.1, 0.15) is 11.1 Å². The lowest BCUT2D eigenvalue weighted by Gasteiger charge is -2.13. The van der Waals surface area contributed by atoms with Gasteiger partial charge in [0, 0.05) is 6.54 Å². The van der Waals surface area contributed by atoms with Crippen molar-refractivity contribution in [2.75, 3.05) is 20.8 Å². The maximum Gasteiger partial charge on any atom is 0.240 e. The molecule has 2 aromatic carbocycles. The zero-order valence-electron chi connectivity index (χ0n) is 13.5. The number of aryl methyl sites for hydroxylation is 1. The molecular formula is C17H21NO4S. The zero-order valence-corrected chi connectivity index (χ0v) is 14.3. The normalized spacial score (nSPS) is 11.3. The third-order valence-electron chi connectivity index (χ3n) is 3.50. The maximum atomic E-state index is 12.2. The number of para-hydroxylation sites is 1. The molecule has 0 spiro atoms. The Labute approximate surface area is 137 Å². The summed E-state index contributed by atoms with van der Waals surface area (Å²) >= 11 is 0. The third kappa shape index (κ3) is 4.24. The number of hydrogen-bond donors (Lipinski definition) is 1. The van der Waals surface area contributed by atoms with Crippen molar-refractivity contribution in [3.05, 3.63) is 53.6 Å². The first kappa shape index (κ1) is 17.3. The van der Waals surface area contributed by atoms with Gasteiger partial charge in [-0.1, -0.05) is 29.8 Å². The van der Waals surface area contributed by atoms with Crippen molar-refractivity contribution in [3.63, 3.8) is 0 Å². The lowest BCUT2D eigenvalue weighted by atomic mass is 10.1. The van der Waals surface area contributed by atoms with Gasteiger partial charge in [-0.15, -0.1) is 0 Å². The molecule has 0 aliphatic rings. The van der Waals surface area contributed by atoms with Crippen LogP contribution in [0.25, 0.3) is 0 Å². The van der Waals surface area contributed by atoms with Crippen molar-refractivity contribution in [2.24, 2.45) is 0 Å². The summed E-state index contributed by atoms with van der Waals surface area (Å²) in [6.45, 7) is 2.19. The van der Waals surface area contributed by atoms with E-state index in [0.717, 1.165) is 11.1 Å². The molecule has 0 radical (unpaired) electrons. The maximum absolute atomic E-state index is 12.2. The molecule has 124 valence electrons. The molecule has 0 saturated heterocycles. The Morgan fingerprint density at radius 2 is 1.70 bits per heavy atom. The van der Waals surface area contributed by atoms with E-state index in [-0.39, 0.29) is 11.4 Å². The molecule has 0 aliphatic carbocycles. The Morgan fingerprint density at radius 1 is 1.00 bits per heavy atom. The molecule has 0 aromatic heterocycles. The molecule has 2 rings (SSSR count). The zero-order chi connectivity index (χ0) is 16.9. The average molecular weight is 335 g/mol. The molecule has 0 aliphatic heterocycles. The molecule has 2 aromatic rings. The molecule has 0 heterocycles. The number of nitrogens with one attached hydrogen (secondary N) is 1. The minimum Gasteiger partial charge on any atom is -0.493 e. The summed E-state index contributed by atoms with van der Waals surface area (Å²) in [7, 11) is -0.366. The van der Waals surface area contributed by atoms with Gasteiger partial charge in [-0.25, -0.2) is 13.1 Å². The Morgan fingerprint density at radius 3 is 2.30 bits per heavy atom. The van der Waals surface area contributed by atoms with Crippen LogP contribution in [-0.2, 0) is 16.4 Å². The molecule has 23 heavy (non-hydrogen) atoms. The van der Waals surface area contributed by atoms with E-state index in [1.807, 2.05) is 19.1 Å². The van der Waals surface area contributed by atoms with E-state index in [9.17, 15) is 8.42 Å². The van der Waals surface area contributed by atoms with Gasteiger partial charge >= 0.3 is 0 Å². The predicted molar refractivity (Wildman–Crippen MR) is 89.6 cm³/mol. The van der Waals surface area contributed by atoms with E-state index < -0.39 is 10.0 Å². The third-order valence-corrected chi connectivity index (χ3v) is 4.98. The standard InChI is InChI=1S/C17H21NO4S/c1-13-7-9-15(10-8-13)23(19,20)18-12-11-14-5-4-6-16(21-2)17(14)22-3/h4-10,18H,11-12H2,1-3H3. The number of hydrogen-bond acceptors (Lipinski definition) is 4. The van der Waals surface area contributed by atoms with Gasteiger partial charge in [0.1, 0.15) is 0 Å². The van der Waals surface area contributed by atoms with Crippen molar-refractivity contribution in [2.45, 2.75) is 18.2 Å². The molecule has 0 atom stereocenters. The van der Waals surface area contributed by atoms with Gasteiger partial charge < -0.3 is 9.47 Å². The molecule has 0 saturated carbocycles. The Balaban J connectivity index is 2.06. The van der Waals surface area contributed by atoms with Crippen LogP contribution in [0.2, 0.25) is 0 Å². The summed E-state index contributed by atoms with van der Waals surface area (Å²) in [4.78, 5) is 0.265. The number of rotatable bonds is 7. The fourth-order valence-electron chi connectivity index (χ4n) is 2.27.